The molecule has 0 bridgehead atoms. The Labute approximate surface area is 201 Å². The molecule has 0 spiro atoms. The number of nitrogens with zero attached hydrogens (tertiary/aromatic N) is 4. The first-order valence-corrected chi connectivity index (χ1v) is 12.2. The molecule has 1 N–H and O–H groups in total. The lowest BCUT2D eigenvalue weighted by Gasteiger charge is -2.33. The number of hydrogen-bond acceptors (Lipinski definition) is 7. The van der Waals surface area contributed by atoms with E-state index in [1.54, 1.807) is 17.7 Å². The molecule has 0 atom stereocenters. The van der Waals surface area contributed by atoms with Crippen LogP contribution >= 0.6 is 11.6 Å². The molecule has 34 heavy (non-hydrogen) atoms. The van der Waals surface area contributed by atoms with Crippen LogP contribution in [0.25, 0.3) is 11.0 Å². The molecule has 1 saturated heterocycles. The van der Waals surface area contributed by atoms with Crippen LogP contribution in [-0.4, -0.2) is 59.7 Å². The van der Waals surface area contributed by atoms with Gasteiger partial charge in [-0.1, -0.05) is 11.6 Å². The lowest BCUT2D eigenvalue weighted by atomic mass is 9.95. The third-order valence-electron chi connectivity index (χ3n) is 5.47. The highest BCUT2D eigenvalue weighted by molar-refractivity contribution is 7.85. The van der Waals surface area contributed by atoms with Crippen molar-refractivity contribution in [2.24, 2.45) is 7.05 Å². The molecule has 0 aliphatic carbocycles. The Hall–Kier alpha value is -2.86. The van der Waals surface area contributed by atoms with Crippen molar-refractivity contribution in [3.8, 4) is 17.5 Å². The van der Waals surface area contributed by atoms with E-state index in [1.807, 2.05) is 6.92 Å². The molecule has 4 rings (SSSR count). The van der Waals surface area contributed by atoms with Crippen molar-refractivity contribution in [3.05, 3.63) is 35.4 Å². The molecule has 4 heterocycles. The molecular formula is C21H22ClF2N5O4S. The van der Waals surface area contributed by atoms with Crippen LogP contribution in [0.1, 0.15) is 30.4 Å². The highest BCUT2D eigenvalue weighted by atomic mass is 35.5. The fourth-order valence-electron chi connectivity index (χ4n) is 3.54. The lowest BCUT2D eigenvalue weighted by Crippen LogP contribution is -2.50. The van der Waals surface area contributed by atoms with E-state index in [2.05, 4.69) is 20.3 Å². The van der Waals surface area contributed by atoms with Crippen molar-refractivity contribution in [2.75, 3.05) is 18.1 Å². The molecule has 3 aromatic rings. The number of aryl methyl sites for hydroxylation is 1. The van der Waals surface area contributed by atoms with Crippen LogP contribution in [-0.2, 0) is 17.8 Å². The van der Waals surface area contributed by atoms with Crippen molar-refractivity contribution in [1.82, 2.24) is 24.8 Å². The standard InChI is InChI=1S/C21H22ClF2N5O4S/c1-21(3-5-34(31)6-4-21)28-19(30)18-27-13-10-25-17(8-14(13)29(18)2)33-20-15(32-11-16(23)24)7-12(22)9-26-20/h7-10,16H,3-6,11H2,1-2H3,(H,28,30). The first-order valence-electron chi connectivity index (χ1n) is 10.4. The van der Waals surface area contributed by atoms with E-state index in [1.165, 1.54) is 18.5 Å². The van der Waals surface area contributed by atoms with Crippen LogP contribution < -0.4 is 14.8 Å². The maximum absolute atomic E-state index is 12.9. The van der Waals surface area contributed by atoms with Crippen molar-refractivity contribution >= 4 is 39.3 Å². The van der Waals surface area contributed by atoms with Gasteiger partial charge in [0.05, 0.1) is 16.7 Å². The van der Waals surface area contributed by atoms with Crippen molar-refractivity contribution in [2.45, 2.75) is 31.7 Å². The third kappa shape index (κ3) is 5.44. The van der Waals surface area contributed by atoms with Crippen LogP contribution in [0.4, 0.5) is 8.78 Å². The molecule has 3 aromatic heterocycles. The van der Waals surface area contributed by atoms with Gasteiger partial charge >= 0.3 is 0 Å². The predicted octanol–water partition coefficient (Wildman–Crippen LogP) is 3.48. The minimum Gasteiger partial charge on any atom is -0.482 e. The van der Waals surface area contributed by atoms with Gasteiger partial charge in [-0.05, 0) is 19.8 Å². The summed E-state index contributed by atoms with van der Waals surface area (Å²) >= 11 is 5.89. The van der Waals surface area contributed by atoms with Gasteiger partial charge in [0.1, 0.15) is 12.1 Å². The molecule has 1 amide bonds. The Balaban J connectivity index is 1.56. The second kappa shape index (κ2) is 9.79. The summed E-state index contributed by atoms with van der Waals surface area (Å²) in [7, 11) is 0.842. The van der Waals surface area contributed by atoms with Crippen LogP contribution in [0, 0.1) is 0 Å². The van der Waals surface area contributed by atoms with Crippen LogP contribution in [0.15, 0.2) is 24.5 Å². The summed E-state index contributed by atoms with van der Waals surface area (Å²) < 4.78 is 49.1. The van der Waals surface area contributed by atoms with E-state index < -0.39 is 29.4 Å². The summed E-state index contributed by atoms with van der Waals surface area (Å²) in [5, 5.41) is 3.21. The molecule has 0 saturated carbocycles. The molecule has 13 heteroatoms. The normalized spacial score (nSPS) is 20.5. The number of nitrogens with one attached hydrogen (secondary N) is 1. The average Bonchev–Trinajstić information content (AvgIpc) is 3.12. The highest BCUT2D eigenvalue weighted by Gasteiger charge is 2.32. The molecule has 182 valence electrons. The number of imidazole rings is 1. The van der Waals surface area contributed by atoms with E-state index in [4.69, 9.17) is 21.1 Å². The number of rotatable bonds is 7. The van der Waals surface area contributed by atoms with E-state index in [0.717, 1.165) is 0 Å². The number of halogens is 3. The van der Waals surface area contributed by atoms with E-state index in [9.17, 15) is 17.8 Å². The summed E-state index contributed by atoms with van der Waals surface area (Å²) in [6, 6.07) is 2.87. The van der Waals surface area contributed by atoms with Crippen molar-refractivity contribution in [1.29, 1.82) is 0 Å². The van der Waals surface area contributed by atoms with Gasteiger partial charge in [0.25, 0.3) is 18.2 Å². The SMILES string of the molecule is Cn1c(C(=O)NC2(C)CCS(=O)CC2)nc2cnc(Oc3ncc(Cl)cc3OCC(F)F)cc21. The van der Waals surface area contributed by atoms with Gasteiger partial charge in [-0.2, -0.15) is 0 Å². The molecule has 9 nitrogen and oxygen atoms in total. The Kier molecular flexibility index (Phi) is 6.99. The highest BCUT2D eigenvalue weighted by Crippen LogP contribution is 2.32. The Bertz CT molecular complexity index is 1250. The van der Waals surface area contributed by atoms with Gasteiger partial charge in [-0.3, -0.25) is 9.00 Å². The van der Waals surface area contributed by atoms with Gasteiger partial charge in [0, 0.05) is 53.2 Å². The molecular weight excluding hydrogens is 492 g/mol. The zero-order valence-corrected chi connectivity index (χ0v) is 20.0. The minimum absolute atomic E-state index is 0.0542. The molecule has 0 radical (unpaired) electrons. The maximum atomic E-state index is 12.9. The first kappa shape index (κ1) is 24.3. The van der Waals surface area contributed by atoms with Crippen LogP contribution in [0.5, 0.6) is 17.5 Å². The fourth-order valence-corrected chi connectivity index (χ4v) is 5.24. The van der Waals surface area contributed by atoms with E-state index in [0.29, 0.717) is 35.4 Å². The van der Waals surface area contributed by atoms with Gasteiger partial charge in [-0.15, -0.1) is 0 Å². The number of carbonyl (C=O) groups is 1. The Morgan fingerprint density at radius 2 is 2.03 bits per heavy atom. The largest absolute Gasteiger partial charge is 0.482 e. The summed E-state index contributed by atoms with van der Waals surface area (Å²) in [5.41, 5.74) is 0.576. The molecule has 1 aliphatic heterocycles. The number of amides is 1. The fraction of sp³-hybridized carbons (Fsp3) is 0.429. The number of fused-ring (bicyclic) bond motifs is 1. The van der Waals surface area contributed by atoms with Gasteiger partial charge in [-0.25, -0.2) is 23.7 Å². The molecule has 1 aliphatic rings. The first-order chi connectivity index (χ1) is 16.1. The van der Waals surface area contributed by atoms with Crippen LogP contribution in [0.3, 0.4) is 0 Å². The second-order valence-corrected chi connectivity index (χ2v) is 10.3. The summed E-state index contributed by atoms with van der Waals surface area (Å²) in [5.74, 6) is 0.894. The number of hydrogen-bond donors (Lipinski definition) is 1. The predicted molar refractivity (Wildman–Crippen MR) is 122 cm³/mol. The number of ether oxygens (including phenoxy) is 2. The summed E-state index contributed by atoms with van der Waals surface area (Å²) in [6.07, 6.45) is 1.29. The van der Waals surface area contributed by atoms with Gasteiger partial charge in [0.2, 0.25) is 5.88 Å². The molecule has 1 fully saturated rings. The Morgan fingerprint density at radius 1 is 1.29 bits per heavy atom. The van der Waals surface area contributed by atoms with Crippen molar-refractivity contribution < 1.29 is 27.3 Å². The minimum atomic E-state index is -2.68. The van der Waals surface area contributed by atoms with E-state index >= 15 is 0 Å². The zero-order chi connectivity index (χ0) is 24.5. The summed E-state index contributed by atoms with van der Waals surface area (Å²) in [6.45, 7) is 1.09. The summed E-state index contributed by atoms with van der Waals surface area (Å²) in [4.78, 5) is 25.5. The van der Waals surface area contributed by atoms with Gasteiger partial charge < -0.3 is 19.4 Å². The Morgan fingerprint density at radius 3 is 2.74 bits per heavy atom. The zero-order valence-electron chi connectivity index (χ0n) is 18.4. The molecule has 0 aromatic carbocycles. The van der Waals surface area contributed by atoms with Gasteiger partial charge in [0.15, 0.2) is 11.6 Å². The smallest absolute Gasteiger partial charge is 0.287 e. The monoisotopic (exact) mass is 513 g/mol. The third-order valence-corrected chi connectivity index (χ3v) is 7.00. The van der Waals surface area contributed by atoms with E-state index in [-0.39, 0.29) is 34.3 Å². The van der Waals surface area contributed by atoms with Crippen LogP contribution in [0.2, 0.25) is 5.02 Å². The number of pyridine rings is 2. The lowest BCUT2D eigenvalue weighted by molar-refractivity contribution is 0.0803. The molecule has 0 unspecified atom stereocenters. The number of alkyl halides is 2. The number of aromatic nitrogens is 4. The topological polar surface area (TPSA) is 108 Å². The maximum Gasteiger partial charge on any atom is 0.287 e. The second-order valence-electron chi connectivity index (χ2n) is 8.13. The van der Waals surface area contributed by atoms with Crippen molar-refractivity contribution in [3.63, 3.8) is 0 Å². The quantitative estimate of drug-likeness (QED) is 0.515. The number of carbonyl (C=O) groups excluding carboxylic acids is 1. The average molecular weight is 514 g/mol.